The number of aromatic nitrogens is 1. The molecule has 0 saturated carbocycles. The van der Waals surface area contributed by atoms with E-state index in [2.05, 4.69) is 4.98 Å². The number of benzene rings is 1. The van der Waals surface area contributed by atoms with E-state index in [1.807, 2.05) is 61.2 Å². The summed E-state index contributed by atoms with van der Waals surface area (Å²) >= 11 is 0. The summed E-state index contributed by atoms with van der Waals surface area (Å²) in [6, 6.07) is 11.3. The van der Waals surface area contributed by atoms with Crippen molar-refractivity contribution in [3.05, 3.63) is 53.3 Å². The summed E-state index contributed by atoms with van der Waals surface area (Å²) in [6.45, 7) is 3.52. The van der Waals surface area contributed by atoms with E-state index in [9.17, 15) is 4.79 Å². The quantitative estimate of drug-likeness (QED) is 0.844. The molecule has 2 heterocycles. The second-order valence-corrected chi connectivity index (χ2v) is 6.63. The van der Waals surface area contributed by atoms with Gasteiger partial charge in [-0.2, -0.15) is 0 Å². The van der Waals surface area contributed by atoms with E-state index in [0.717, 1.165) is 17.1 Å². The molecule has 0 bridgehead atoms. The molecule has 1 saturated heterocycles. The number of hydrogen-bond donors (Lipinski definition) is 0. The predicted octanol–water partition coefficient (Wildman–Crippen LogP) is 2.68. The van der Waals surface area contributed by atoms with Gasteiger partial charge in [0.2, 0.25) is 0 Å². The van der Waals surface area contributed by atoms with Crippen LogP contribution in [0.4, 0.5) is 5.69 Å². The number of rotatable bonds is 4. The van der Waals surface area contributed by atoms with Crippen molar-refractivity contribution in [2.45, 2.75) is 13.0 Å². The molecule has 6 heteroatoms. The molecule has 3 rings (SSSR count). The van der Waals surface area contributed by atoms with Crippen molar-refractivity contribution < 1.29 is 14.3 Å². The Hall–Kier alpha value is -2.60. The highest BCUT2D eigenvalue weighted by Crippen LogP contribution is 2.26. The van der Waals surface area contributed by atoms with Gasteiger partial charge in [-0.15, -0.1) is 0 Å². The first-order valence-electron chi connectivity index (χ1n) is 8.69. The van der Waals surface area contributed by atoms with E-state index in [1.54, 1.807) is 13.2 Å². The number of carbonyl (C=O) groups excluding carboxylic acids is 1. The van der Waals surface area contributed by atoms with Crippen LogP contribution in [-0.2, 0) is 4.74 Å². The lowest BCUT2D eigenvalue weighted by molar-refractivity contribution is -0.0247. The van der Waals surface area contributed by atoms with Gasteiger partial charge in [0.05, 0.1) is 26.0 Å². The molecule has 0 spiro atoms. The smallest absolute Gasteiger partial charge is 0.254 e. The van der Waals surface area contributed by atoms with Crippen molar-refractivity contribution in [1.29, 1.82) is 0 Å². The molecule has 6 nitrogen and oxygen atoms in total. The summed E-state index contributed by atoms with van der Waals surface area (Å²) in [5.41, 5.74) is 3.49. The van der Waals surface area contributed by atoms with Crippen molar-refractivity contribution in [2.24, 2.45) is 0 Å². The average Bonchev–Trinajstić information content (AvgIpc) is 2.67. The number of morpholine rings is 1. The fourth-order valence-electron chi connectivity index (χ4n) is 3.05. The predicted molar refractivity (Wildman–Crippen MR) is 101 cm³/mol. The number of anilines is 1. The third-order valence-corrected chi connectivity index (χ3v) is 4.47. The maximum atomic E-state index is 12.9. The van der Waals surface area contributed by atoms with Crippen molar-refractivity contribution in [3.63, 3.8) is 0 Å². The Morgan fingerprint density at radius 1 is 1.31 bits per heavy atom. The van der Waals surface area contributed by atoms with Gasteiger partial charge >= 0.3 is 0 Å². The third kappa shape index (κ3) is 3.96. The van der Waals surface area contributed by atoms with Gasteiger partial charge in [-0.05, 0) is 37.3 Å². The fourth-order valence-corrected chi connectivity index (χ4v) is 3.05. The Bertz CT molecular complexity index is 792. The number of aryl methyl sites for hydroxylation is 1. The van der Waals surface area contributed by atoms with E-state index in [-0.39, 0.29) is 12.0 Å². The van der Waals surface area contributed by atoms with Gasteiger partial charge in [0.1, 0.15) is 11.9 Å². The minimum Gasteiger partial charge on any atom is -0.497 e. The molecule has 0 radical (unpaired) electrons. The van der Waals surface area contributed by atoms with Gasteiger partial charge in [-0.1, -0.05) is 6.07 Å². The minimum absolute atomic E-state index is 0.0160. The second kappa shape index (κ2) is 7.74. The number of amides is 1. The number of methoxy groups -OCH3 is 1. The summed E-state index contributed by atoms with van der Waals surface area (Å²) in [5, 5.41) is 0. The topological polar surface area (TPSA) is 54.9 Å². The van der Waals surface area contributed by atoms with Crippen LogP contribution in [0.25, 0.3) is 0 Å². The van der Waals surface area contributed by atoms with E-state index in [0.29, 0.717) is 31.0 Å². The Labute approximate surface area is 154 Å². The van der Waals surface area contributed by atoms with Crippen molar-refractivity contribution in [1.82, 2.24) is 9.88 Å². The lowest BCUT2D eigenvalue weighted by atomic mass is 10.1. The maximum Gasteiger partial charge on any atom is 0.254 e. The molecule has 1 atom stereocenters. The van der Waals surface area contributed by atoms with Crippen LogP contribution in [0, 0.1) is 6.92 Å². The molecule has 1 aromatic heterocycles. The van der Waals surface area contributed by atoms with Crippen LogP contribution in [0.5, 0.6) is 5.75 Å². The molecular weight excluding hydrogens is 330 g/mol. The number of carbonyl (C=O) groups is 1. The molecule has 26 heavy (non-hydrogen) atoms. The zero-order valence-corrected chi connectivity index (χ0v) is 15.7. The van der Waals surface area contributed by atoms with Gasteiger partial charge < -0.3 is 19.3 Å². The molecule has 1 amide bonds. The van der Waals surface area contributed by atoms with Crippen LogP contribution in [-0.4, -0.2) is 56.7 Å². The monoisotopic (exact) mass is 355 g/mol. The third-order valence-electron chi connectivity index (χ3n) is 4.47. The first-order chi connectivity index (χ1) is 12.5. The average molecular weight is 355 g/mol. The molecule has 138 valence electrons. The van der Waals surface area contributed by atoms with Crippen LogP contribution in [0.3, 0.4) is 0 Å². The van der Waals surface area contributed by atoms with Crippen LogP contribution < -0.4 is 9.64 Å². The first kappa shape index (κ1) is 18.2. The Balaban J connectivity index is 1.80. The highest BCUT2D eigenvalue weighted by atomic mass is 16.5. The number of hydrogen-bond acceptors (Lipinski definition) is 5. The van der Waals surface area contributed by atoms with E-state index >= 15 is 0 Å². The summed E-state index contributed by atoms with van der Waals surface area (Å²) in [5.74, 6) is 0.661. The lowest BCUT2D eigenvalue weighted by Crippen LogP contribution is -2.42. The van der Waals surface area contributed by atoms with Gasteiger partial charge in [0.25, 0.3) is 5.91 Å². The first-order valence-corrected chi connectivity index (χ1v) is 8.69. The van der Waals surface area contributed by atoms with E-state index in [1.165, 1.54) is 0 Å². The largest absolute Gasteiger partial charge is 0.497 e. The Kier molecular flexibility index (Phi) is 5.42. The highest BCUT2D eigenvalue weighted by molar-refractivity contribution is 5.94. The summed E-state index contributed by atoms with van der Waals surface area (Å²) in [6.07, 6.45) is -0.225. The van der Waals surface area contributed by atoms with Crippen molar-refractivity contribution >= 4 is 11.6 Å². The normalized spacial score (nSPS) is 17.1. The zero-order valence-electron chi connectivity index (χ0n) is 15.7. The van der Waals surface area contributed by atoms with Gasteiger partial charge in [-0.3, -0.25) is 9.78 Å². The van der Waals surface area contributed by atoms with Crippen LogP contribution in [0.15, 0.2) is 36.4 Å². The van der Waals surface area contributed by atoms with Crippen molar-refractivity contribution in [2.75, 3.05) is 45.8 Å². The van der Waals surface area contributed by atoms with E-state index < -0.39 is 0 Å². The lowest BCUT2D eigenvalue weighted by Gasteiger charge is -2.33. The van der Waals surface area contributed by atoms with Crippen molar-refractivity contribution in [3.8, 4) is 5.75 Å². The number of ether oxygens (including phenoxy) is 2. The zero-order chi connectivity index (χ0) is 18.7. The minimum atomic E-state index is -0.225. The van der Waals surface area contributed by atoms with Gasteiger partial charge in [0.15, 0.2) is 0 Å². The molecule has 1 aliphatic heterocycles. The van der Waals surface area contributed by atoms with Gasteiger partial charge in [-0.25, -0.2) is 0 Å². The van der Waals surface area contributed by atoms with Crippen LogP contribution in [0.1, 0.15) is 27.8 Å². The molecule has 2 aromatic rings. The Morgan fingerprint density at radius 3 is 2.85 bits per heavy atom. The van der Waals surface area contributed by atoms with Crippen LogP contribution in [0.2, 0.25) is 0 Å². The molecule has 1 fully saturated rings. The number of nitrogens with zero attached hydrogens (tertiary/aromatic N) is 3. The summed E-state index contributed by atoms with van der Waals surface area (Å²) in [7, 11) is 5.60. The molecule has 1 aromatic carbocycles. The Morgan fingerprint density at radius 2 is 2.12 bits per heavy atom. The molecular formula is C20H25N3O3. The second-order valence-electron chi connectivity index (χ2n) is 6.63. The summed E-state index contributed by atoms with van der Waals surface area (Å²) in [4.78, 5) is 21.4. The molecule has 1 aliphatic rings. The standard InChI is InChI=1S/C20H25N3O3/c1-14-10-16(22(2)3)12-18(21-14)19-13-23(8-9-26-19)20(24)15-6-5-7-17(11-15)25-4/h5-7,10-12,19H,8-9,13H2,1-4H3. The molecule has 0 aliphatic carbocycles. The van der Waals surface area contributed by atoms with Gasteiger partial charge in [0, 0.05) is 37.6 Å². The maximum absolute atomic E-state index is 12.9. The molecule has 1 unspecified atom stereocenters. The number of pyridine rings is 1. The SMILES string of the molecule is COc1cccc(C(=O)N2CCOC(c3cc(N(C)C)cc(C)n3)C2)c1. The summed E-state index contributed by atoms with van der Waals surface area (Å²) < 4.78 is 11.1. The molecule has 0 N–H and O–H groups in total. The van der Waals surface area contributed by atoms with E-state index in [4.69, 9.17) is 9.47 Å². The van der Waals surface area contributed by atoms with Crippen LogP contribution >= 0.6 is 0 Å². The highest BCUT2D eigenvalue weighted by Gasteiger charge is 2.27. The fraction of sp³-hybridized carbons (Fsp3) is 0.400.